The minimum absolute atomic E-state index is 0.222. The van der Waals surface area contributed by atoms with Crippen molar-refractivity contribution in [3.63, 3.8) is 0 Å². The van der Waals surface area contributed by atoms with Crippen molar-refractivity contribution in [3.8, 4) is 12.1 Å². The van der Waals surface area contributed by atoms with E-state index >= 15 is 0 Å². The second-order valence-corrected chi connectivity index (χ2v) is 5.59. The molecule has 0 aromatic heterocycles. The molecular formula is C10H16Cl2N4. The van der Waals surface area contributed by atoms with Crippen LogP contribution in [0, 0.1) is 22.7 Å². The van der Waals surface area contributed by atoms with Gasteiger partial charge in [0.2, 0.25) is 0 Å². The van der Waals surface area contributed by atoms with Gasteiger partial charge >= 0.3 is 0 Å². The maximum Gasteiger partial charge on any atom is 0.162 e. The first kappa shape index (κ1) is 17.6. The molecule has 0 atom stereocenters. The molecule has 90 valence electrons. The van der Waals surface area contributed by atoms with Crippen LogP contribution in [0.3, 0.4) is 0 Å². The number of hydrogen-bond donors (Lipinski definition) is 0. The van der Waals surface area contributed by atoms with Crippen LogP contribution in [0.5, 0.6) is 0 Å². The van der Waals surface area contributed by atoms with Crippen molar-refractivity contribution in [2.75, 3.05) is 0 Å². The van der Waals surface area contributed by atoms with Crippen molar-refractivity contribution in [2.24, 2.45) is 10.2 Å². The maximum atomic E-state index is 8.58. The average molecular weight is 263 g/mol. The Labute approximate surface area is 107 Å². The summed E-state index contributed by atoms with van der Waals surface area (Å²) in [5, 5.41) is 24.7. The molecule has 0 saturated carbocycles. The quantitative estimate of drug-likeness (QED) is 0.560. The van der Waals surface area contributed by atoms with Crippen LogP contribution in [0.1, 0.15) is 34.6 Å². The van der Waals surface area contributed by atoms with Gasteiger partial charge in [-0.05, 0) is 34.6 Å². The zero-order valence-electron chi connectivity index (χ0n) is 10.1. The Kier molecular flexibility index (Phi) is 8.16. The normalized spacial score (nSPS) is 11.6. The molecule has 0 aromatic rings. The van der Waals surface area contributed by atoms with Gasteiger partial charge in [-0.15, -0.1) is 23.2 Å². The fraction of sp³-hybridized carbons (Fsp3) is 0.800. The Morgan fingerprint density at radius 2 is 1.12 bits per heavy atom. The van der Waals surface area contributed by atoms with Gasteiger partial charge in [-0.1, -0.05) is 0 Å². The minimum atomic E-state index is -0.839. The van der Waals surface area contributed by atoms with Crippen molar-refractivity contribution in [1.29, 1.82) is 10.5 Å². The van der Waals surface area contributed by atoms with Crippen LogP contribution in [-0.4, -0.2) is 15.9 Å². The molecule has 4 nitrogen and oxygen atoms in total. The van der Waals surface area contributed by atoms with Crippen LogP contribution in [0.4, 0.5) is 0 Å². The zero-order valence-corrected chi connectivity index (χ0v) is 11.6. The molecule has 0 radical (unpaired) electrons. The summed E-state index contributed by atoms with van der Waals surface area (Å²) in [6.45, 7) is 8.27. The Balaban J connectivity index is 0. The lowest BCUT2D eigenvalue weighted by molar-refractivity contribution is 0.541. The Morgan fingerprint density at radius 3 is 1.25 bits per heavy atom. The number of halogens is 2. The van der Waals surface area contributed by atoms with Gasteiger partial charge in [-0.25, -0.2) is 0 Å². The fourth-order valence-electron chi connectivity index (χ4n) is 0.295. The molecule has 0 unspecified atom stereocenters. The highest BCUT2D eigenvalue weighted by molar-refractivity contribution is 6.43. The van der Waals surface area contributed by atoms with E-state index in [0.717, 1.165) is 0 Å². The van der Waals surface area contributed by atoms with Gasteiger partial charge in [0.1, 0.15) is 4.84 Å². The summed E-state index contributed by atoms with van der Waals surface area (Å²) in [6.07, 6.45) is 0. The lowest BCUT2D eigenvalue weighted by atomic mass is 10.1. The predicted molar refractivity (Wildman–Crippen MR) is 65.4 cm³/mol. The molecule has 0 spiro atoms. The first-order valence-electron chi connectivity index (χ1n) is 4.61. The molecular weight excluding hydrogens is 247 g/mol. The minimum Gasteiger partial charge on any atom is -0.196 e. The number of alkyl halides is 2. The smallest absolute Gasteiger partial charge is 0.162 e. The van der Waals surface area contributed by atoms with E-state index in [-0.39, 0.29) is 4.84 Å². The topological polar surface area (TPSA) is 72.3 Å². The van der Waals surface area contributed by atoms with Crippen molar-refractivity contribution < 1.29 is 0 Å². The lowest BCUT2D eigenvalue weighted by Crippen LogP contribution is -2.17. The molecule has 0 aliphatic rings. The van der Waals surface area contributed by atoms with E-state index in [1.807, 2.05) is 12.1 Å². The van der Waals surface area contributed by atoms with Gasteiger partial charge in [-0.2, -0.15) is 20.8 Å². The first-order valence-corrected chi connectivity index (χ1v) is 5.48. The summed E-state index contributed by atoms with van der Waals surface area (Å²) < 4.78 is 0. The highest BCUT2D eigenvalue weighted by atomic mass is 35.5. The van der Waals surface area contributed by atoms with E-state index in [2.05, 4.69) is 10.2 Å². The molecule has 0 bridgehead atoms. The molecule has 0 aliphatic heterocycles. The largest absolute Gasteiger partial charge is 0.196 e. The number of nitriles is 2. The summed E-state index contributed by atoms with van der Waals surface area (Å²) >= 11 is 10.1. The lowest BCUT2D eigenvalue weighted by Gasteiger charge is -2.11. The van der Waals surface area contributed by atoms with E-state index in [9.17, 15) is 0 Å². The van der Waals surface area contributed by atoms with Gasteiger partial charge in [0.15, 0.2) is 11.1 Å². The third kappa shape index (κ3) is 13.2. The number of azo groups is 1. The highest BCUT2D eigenvalue weighted by Crippen LogP contribution is 2.13. The van der Waals surface area contributed by atoms with E-state index < -0.39 is 11.1 Å². The fourth-order valence-corrected chi connectivity index (χ4v) is 0.295. The van der Waals surface area contributed by atoms with Gasteiger partial charge in [0.05, 0.1) is 12.1 Å². The Hall–Kier alpha value is -0.840. The molecule has 0 rings (SSSR count). The molecule has 16 heavy (non-hydrogen) atoms. The second kappa shape index (κ2) is 7.44. The SMILES string of the molecule is CC(C)(C#N)N=NC(C)(C)C#N.CC(Cl)Cl. The zero-order chi connectivity index (χ0) is 13.4. The summed E-state index contributed by atoms with van der Waals surface area (Å²) in [7, 11) is 0. The van der Waals surface area contributed by atoms with Gasteiger partial charge < -0.3 is 0 Å². The molecule has 0 N–H and O–H groups in total. The number of hydrogen-bond acceptors (Lipinski definition) is 4. The van der Waals surface area contributed by atoms with E-state index in [4.69, 9.17) is 33.7 Å². The summed E-state index contributed by atoms with van der Waals surface area (Å²) in [5.41, 5.74) is -1.68. The van der Waals surface area contributed by atoms with Crippen LogP contribution < -0.4 is 0 Å². The average Bonchev–Trinajstić information content (AvgIpc) is 2.15. The molecule has 0 fully saturated rings. The van der Waals surface area contributed by atoms with Crippen molar-refractivity contribution in [3.05, 3.63) is 0 Å². The van der Waals surface area contributed by atoms with Crippen LogP contribution in [0.25, 0.3) is 0 Å². The monoisotopic (exact) mass is 262 g/mol. The molecule has 0 saturated heterocycles. The van der Waals surface area contributed by atoms with Crippen LogP contribution in [0.2, 0.25) is 0 Å². The summed E-state index contributed by atoms with van der Waals surface area (Å²) in [5.74, 6) is 0. The first-order chi connectivity index (χ1) is 7.06. The Bertz CT molecular complexity index is 277. The summed E-state index contributed by atoms with van der Waals surface area (Å²) in [6, 6.07) is 3.94. The van der Waals surface area contributed by atoms with Crippen LogP contribution in [0.15, 0.2) is 10.2 Å². The van der Waals surface area contributed by atoms with Crippen LogP contribution >= 0.6 is 23.2 Å². The van der Waals surface area contributed by atoms with E-state index in [0.29, 0.717) is 0 Å². The van der Waals surface area contributed by atoms with Crippen molar-refractivity contribution >= 4 is 23.2 Å². The molecule has 6 heteroatoms. The standard InChI is InChI=1S/C8H12N4.C2H4Cl2/c1-7(2,5-9)11-12-8(3,4)6-10;1-2(3)4/h1-4H3;2H,1H3. The third-order valence-corrected chi connectivity index (χ3v) is 1.10. The maximum absolute atomic E-state index is 8.58. The predicted octanol–water partition coefficient (Wildman–Crippen LogP) is 3.85. The van der Waals surface area contributed by atoms with Gasteiger partial charge in [-0.3, -0.25) is 0 Å². The molecule has 0 heterocycles. The van der Waals surface area contributed by atoms with Gasteiger partial charge in [0, 0.05) is 0 Å². The number of rotatable bonds is 2. The van der Waals surface area contributed by atoms with E-state index in [1.54, 1.807) is 34.6 Å². The Morgan fingerprint density at radius 1 is 0.938 bits per heavy atom. The summed E-state index contributed by atoms with van der Waals surface area (Å²) in [4.78, 5) is -0.222. The van der Waals surface area contributed by atoms with E-state index in [1.165, 1.54) is 0 Å². The highest BCUT2D eigenvalue weighted by Gasteiger charge is 2.19. The molecule has 0 aliphatic carbocycles. The third-order valence-electron chi connectivity index (χ3n) is 1.10. The van der Waals surface area contributed by atoms with Gasteiger partial charge in [0.25, 0.3) is 0 Å². The van der Waals surface area contributed by atoms with Crippen molar-refractivity contribution in [1.82, 2.24) is 0 Å². The number of nitrogens with zero attached hydrogens (tertiary/aromatic N) is 4. The van der Waals surface area contributed by atoms with Crippen molar-refractivity contribution in [2.45, 2.75) is 50.5 Å². The molecule has 0 aromatic carbocycles. The van der Waals surface area contributed by atoms with Crippen LogP contribution in [-0.2, 0) is 0 Å². The molecule has 0 amide bonds. The second-order valence-electron chi connectivity index (χ2n) is 4.06.